The number of nitrogens with zero attached hydrogens (tertiary/aromatic N) is 2. The third-order valence-corrected chi connectivity index (χ3v) is 5.07. The van der Waals surface area contributed by atoms with Crippen LogP contribution in [0.25, 0.3) is 11.5 Å². The Balaban J connectivity index is 1.78. The van der Waals surface area contributed by atoms with Crippen molar-refractivity contribution in [3.05, 3.63) is 30.2 Å². The standard InChI is InChI=1S/C20H28N2O3/c1-14(2)13-22(15-7-9-20(3,4)10-8-15)19(23)16-12-18(25-21-16)17-6-5-11-24-17/h5-6,11-12,14-15H,7-10,13H2,1-4H3. The smallest absolute Gasteiger partial charge is 0.276 e. The Labute approximate surface area is 149 Å². The minimum Gasteiger partial charge on any atom is -0.461 e. The second-order valence-corrected chi connectivity index (χ2v) is 8.30. The molecular formula is C20H28N2O3. The van der Waals surface area contributed by atoms with E-state index in [1.807, 2.05) is 4.90 Å². The molecule has 25 heavy (non-hydrogen) atoms. The predicted molar refractivity (Wildman–Crippen MR) is 96.1 cm³/mol. The van der Waals surface area contributed by atoms with Crippen molar-refractivity contribution in [1.82, 2.24) is 10.1 Å². The molecule has 0 aliphatic heterocycles. The number of amides is 1. The van der Waals surface area contributed by atoms with Crippen molar-refractivity contribution >= 4 is 5.91 Å². The minimum absolute atomic E-state index is 0.0417. The lowest BCUT2D eigenvalue weighted by molar-refractivity contribution is 0.0520. The number of aromatic nitrogens is 1. The second kappa shape index (κ2) is 7.06. The van der Waals surface area contributed by atoms with Gasteiger partial charge in [0.1, 0.15) is 0 Å². The molecule has 0 N–H and O–H groups in total. The van der Waals surface area contributed by atoms with Gasteiger partial charge in [-0.25, -0.2) is 0 Å². The van der Waals surface area contributed by atoms with Gasteiger partial charge in [0.25, 0.3) is 5.91 Å². The van der Waals surface area contributed by atoms with Crippen LogP contribution in [0, 0.1) is 11.3 Å². The summed E-state index contributed by atoms with van der Waals surface area (Å²) in [6.07, 6.45) is 5.98. The van der Waals surface area contributed by atoms with E-state index in [0.29, 0.717) is 28.5 Å². The topological polar surface area (TPSA) is 59.5 Å². The molecule has 0 radical (unpaired) electrons. The molecule has 0 saturated heterocycles. The summed E-state index contributed by atoms with van der Waals surface area (Å²) >= 11 is 0. The quantitative estimate of drug-likeness (QED) is 0.765. The van der Waals surface area contributed by atoms with Crippen molar-refractivity contribution in [3.8, 4) is 11.5 Å². The predicted octanol–water partition coefficient (Wildman–Crippen LogP) is 5.00. The van der Waals surface area contributed by atoms with Crippen molar-refractivity contribution in [2.24, 2.45) is 11.3 Å². The highest BCUT2D eigenvalue weighted by molar-refractivity contribution is 5.93. The van der Waals surface area contributed by atoms with Gasteiger partial charge in [0, 0.05) is 18.7 Å². The van der Waals surface area contributed by atoms with Crippen LogP contribution in [-0.4, -0.2) is 28.6 Å². The molecule has 0 aromatic carbocycles. The van der Waals surface area contributed by atoms with Crippen LogP contribution in [0.15, 0.2) is 33.4 Å². The summed E-state index contributed by atoms with van der Waals surface area (Å²) in [5.74, 6) is 1.44. The van der Waals surface area contributed by atoms with Crippen LogP contribution in [0.5, 0.6) is 0 Å². The van der Waals surface area contributed by atoms with Crippen molar-refractivity contribution in [2.75, 3.05) is 6.54 Å². The van der Waals surface area contributed by atoms with E-state index >= 15 is 0 Å². The molecule has 136 valence electrons. The fourth-order valence-electron chi connectivity index (χ4n) is 3.54. The number of carbonyl (C=O) groups excluding carboxylic acids is 1. The van der Waals surface area contributed by atoms with Gasteiger partial charge < -0.3 is 13.8 Å². The van der Waals surface area contributed by atoms with Crippen LogP contribution >= 0.6 is 0 Å². The van der Waals surface area contributed by atoms with Gasteiger partial charge in [-0.05, 0) is 49.1 Å². The summed E-state index contributed by atoms with van der Waals surface area (Å²) < 4.78 is 10.6. The summed E-state index contributed by atoms with van der Waals surface area (Å²) in [4.78, 5) is 15.1. The summed E-state index contributed by atoms with van der Waals surface area (Å²) in [7, 11) is 0. The van der Waals surface area contributed by atoms with Crippen molar-refractivity contribution in [2.45, 2.75) is 59.4 Å². The lowest BCUT2D eigenvalue weighted by Gasteiger charge is -2.40. The van der Waals surface area contributed by atoms with Crippen LogP contribution in [0.1, 0.15) is 63.9 Å². The first-order valence-electron chi connectivity index (χ1n) is 9.17. The average Bonchev–Trinajstić information content (AvgIpc) is 3.23. The molecule has 1 saturated carbocycles. The Morgan fingerprint density at radius 2 is 2.04 bits per heavy atom. The molecule has 2 aromatic heterocycles. The van der Waals surface area contributed by atoms with E-state index in [0.717, 1.165) is 32.2 Å². The number of carbonyl (C=O) groups is 1. The van der Waals surface area contributed by atoms with E-state index < -0.39 is 0 Å². The van der Waals surface area contributed by atoms with Gasteiger partial charge in [-0.15, -0.1) is 0 Å². The zero-order valence-corrected chi connectivity index (χ0v) is 15.6. The van der Waals surface area contributed by atoms with Crippen LogP contribution in [0.2, 0.25) is 0 Å². The largest absolute Gasteiger partial charge is 0.461 e. The van der Waals surface area contributed by atoms with E-state index in [9.17, 15) is 4.79 Å². The first-order valence-corrected chi connectivity index (χ1v) is 9.17. The maximum atomic E-state index is 13.1. The van der Waals surface area contributed by atoms with E-state index in [1.165, 1.54) is 0 Å². The normalized spacial score (nSPS) is 17.8. The lowest BCUT2D eigenvalue weighted by Crippen LogP contribution is -2.45. The van der Waals surface area contributed by atoms with E-state index in [4.69, 9.17) is 8.94 Å². The summed E-state index contributed by atoms with van der Waals surface area (Å²) in [5, 5.41) is 4.00. The third kappa shape index (κ3) is 4.14. The molecule has 0 unspecified atom stereocenters. The van der Waals surface area contributed by atoms with Crippen LogP contribution in [0.4, 0.5) is 0 Å². The Kier molecular flexibility index (Phi) is 5.02. The zero-order chi connectivity index (χ0) is 18.0. The molecule has 1 aliphatic carbocycles. The molecule has 2 aromatic rings. The van der Waals surface area contributed by atoms with Gasteiger partial charge in [-0.1, -0.05) is 32.9 Å². The molecule has 0 spiro atoms. The Hall–Kier alpha value is -2.04. The lowest BCUT2D eigenvalue weighted by atomic mass is 9.75. The van der Waals surface area contributed by atoms with E-state index in [2.05, 4.69) is 32.9 Å². The molecule has 1 fully saturated rings. The zero-order valence-electron chi connectivity index (χ0n) is 15.6. The first-order chi connectivity index (χ1) is 11.9. The number of hydrogen-bond donors (Lipinski definition) is 0. The Bertz CT molecular complexity index is 690. The van der Waals surface area contributed by atoms with Gasteiger partial charge >= 0.3 is 0 Å². The summed E-state index contributed by atoms with van der Waals surface area (Å²) in [6.45, 7) is 9.65. The molecule has 1 aliphatic rings. The molecule has 0 atom stereocenters. The van der Waals surface area contributed by atoms with Gasteiger partial charge in [0.15, 0.2) is 11.5 Å². The van der Waals surface area contributed by atoms with Gasteiger partial charge in [0.2, 0.25) is 5.76 Å². The van der Waals surface area contributed by atoms with E-state index in [-0.39, 0.29) is 11.9 Å². The Morgan fingerprint density at radius 1 is 1.32 bits per heavy atom. The molecule has 1 amide bonds. The molecule has 5 heteroatoms. The van der Waals surface area contributed by atoms with Gasteiger partial charge in [0.05, 0.1) is 6.26 Å². The summed E-state index contributed by atoms with van der Waals surface area (Å²) in [6, 6.07) is 5.55. The number of hydrogen-bond acceptors (Lipinski definition) is 4. The van der Waals surface area contributed by atoms with Crippen molar-refractivity contribution < 1.29 is 13.7 Å². The van der Waals surface area contributed by atoms with Crippen LogP contribution in [-0.2, 0) is 0 Å². The Morgan fingerprint density at radius 3 is 2.64 bits per heavy atom. The molecule has 5 nitrogen and oxygen atoms in total. The maximum absolute atomic E-state index is 13.1. The first kappa shape index (κ1) is 17.8. The number of furan rings is 1. The average molecular weight is 344 g/mol. The third-order valence-electron chi connectivity index (χ3n) is 5.07. The van der Waals surface area contributed by atoms with Crippen LogP contribution < -0.4 is 0 Å². The van der Waals surface area contributed by atoms with Crippen LogP contribution in [0.3, 0.4) is 0 Å². The molecule has 3 rings (SSSR count). The monoisotopic (exact) mass is 344 g/mol. The number of rotatable bonds is 5. The highest BCUT2D eigenvalue weighted by atomic mass is 16.5. The highest BCUT2D eigenvalue weighted by Crippen LogP contribution is 2.37. The molecular weight excluding hydrogens is 316 g/mol. The van der Waals surface area contributed by atoms with Gasteiger partial charge in [-0.3, -0.25) is 4.79 Å². The van der Waals surface area contributed by atoms with Gasteiger partial charge in [-0.2, -0.15) is 0 Å². The molecule has 0 bridgehead atoms. The minimum atomic E-state index is -0.0417. The molecule has 2 heterocycles. The van der Waals surface area contributed by atoms with E-state index in [1.54, 1.807) is 24.5 Å². The fourth-order valence-corrected chi connectivity index (χ4v) is 3.54. The highest BCUT2D eigenvalue weighted by Gasteiger charge is 2.34. The SMILES string of the molecule is CC(C)CN(C(=O)c1cc(-c2ccco2)on1)C1CCC(C)(C)CC1. The second-order valence-electron chi connectivity index (χ2n) is 8.30. The van der Waals surface area contributed by atoms with Crippen molar-refractivity contribution in [3.63, 3.8) is 0 Å². The summed E-state index contributed by atoms with van der Waals surface area (Å²) in [5.41, 5.74) is 0.737. The maximum Gasteiger partial charge on any atom is 0.276 e. The van der Waals surface area contributed by atoms with Crippen molar-refractivity contribution in [1.29, 1.82) is 0 Å². The fraction of sp³-hybridized carbons (Fsp3) is 0.600.